The molecule has 0 aliphatic heterocycles. The van der Waals surface area contributed by atoms with Gasteiger partial charge in [0.2, 0.25) is 0 Å². The molecule has 0 aliphatic rings. The Kier molecular flexibility index (Phi) is 4.95. The first kappa shape index (κ1) is 10.5. The number of nitrogens with two attached hydrogens (primary N) is 1. The summed E-state index contributed by atoms with van der Waals surface area (Å²) in [4.78, 5) is 0. The van der Waals surface area contributed by atoms with Crippen LogP contribution >= 0.6 is 0 Å². The molecule has 0 unspecified atom stereocenters. The van der Waals surface area contributed by atoms with Crippen LogP contribution in [0.1, 0.15) is 33.1 Å². The second-order valence-electron chi connectivity index (χ2n) is 2.86. The highest BCUT2D eigenvalue weighted by Crippen LogP contribution is 2.15. The van der Waals surface area contributed by atoms with Gasteiger partial charge in [-0.3, -0.25) is 0 Å². The first-order valence-electron chi connectivity index (χ1n) is 4.20. The van der Waals surface area contributed by atoms with Crippen LogP contribution < -0.4 is 5.73 Å². The first-order chi connectivity index (χ1) is 5.18. The molecule has 2 nitrogen and oxygen atoms in total. The van der Waals surface area contributed by atoms with Gasteiger partial charge >= 0.3 is 0 Å². The molecule has 0 bridgehead atoms. The van der Waals surface area contributed by atoms with Crippen molar-refractivity contribution in [1.82, 2.24) is 0 Å². The van der Waals surface area contributed by atoms with Crippen molar-refractivity contribution in [3.05, 3.63) is 12.8 Å². The number of ether oxygens (including phenoxy) is 1. The minimum atomic E-state index is -0.0387. The third kappa shape index (κ3) is 4.04. The van der Waals surface area contributed by atoms with E-state index in [1.807, 2.05) is 0 Å². The number of hydrogen-bond acceptors (Lipinski definition) is 2. The first-order valence-corrected chi connectivity index (χ1v) is 4.20. The normalized spacial score (nSPS) is 11.2. The standard InChI is InChI=1S/C9H19NO/c1-4-9(10,5-2)7-8-11-6-3/h6H,3-5,7-8,10H2,1-2H3. The second kappa shape index (κ2) is 5.19. The molecule has 0 spiro atoms. The van der Waals surface area contributed by atoms with Gasteiger partial charge < -0.3 is 10.5 Å². The molecule has 2 N–H and O–H groups in total. The van der Waals surface area contributed by atoms with E-state index in [1.165, 1.54) is 6.26 Å². The lowest BCUT2D eigenvalue weighted by Gasteiger charge is -2.25. The Balaban J connectivity index is 3.59. The maximum atomic E-state index is 6.02. The molecule has 11 heavy (non-hydrogen) atoms. The van der Waals surface area contributed by atoms with Crippen LogP contribution in [0.15, 0.2) is 12.8 Å². The lowest BCUT2D eigenvalue weighted by molar-refractivity contribution is 0.203. The summed E-state index contributed by atoms with van der Waals surface area (Å²) in [5.41, 5.74) is 5.98. The SMILES string of the molecule is C=COCCC(N)(CC)CC. The molecule has 2 heteroatoms. The summed E-state index contributed by atoms with van der Waals surface area (Å²) in [6, 6.07) is 0. The third-order valence-electron chi connectivity index (χ3n) is 2.24. The van der Waals surface area contributed by atoms with E-state index in [9.17, 15) is 0 Å². The number of hydrogen-bond donors (Lipinski definition) is 1. The summed E-state index contributed by atoms with van der Waals surface area (Å²) in [6.45, 7) is 8.37. The molecule has 0 rings (SSSR count). The van der Waals surface area contributed by atoms with Gasteiger partial charge in [0.1, 0.15) is 0 Å². The Hall–Kier alpha value is -0.500. The van der Waals surface area contributed by atoms with Gasteiger partial charge in [-0.25, -0.2) is 0 Å². The van der Waals surface area contributed by atoms with Crippen LogP contribution in [0.25, 0.3) is 0 Å². The van der Waals surface area contributed by atoms with Crippen LogP contribution in [-0.4, -0.2) is 12.1 Å². The highest BCUT2D eigenvalue weighted by atomic mass is 16.5. The van der Waals surface area contributed by atoms with Gasteiger partial charge in [-0.2, -0.15) is 0 Å². The summed E-state index contributed by atoms with van der Waals surface area (Å²) in [5, 5.41) is 0. The molecule has 0 radical (unpaired) electrons. The molecule has 0 fully saturated rings. The molecule has 0 aromatic rings. The third-order valence-corrected chi connectivity index (χ3v) is 2.24. The van der Waals surface area contributed by atoms with Crippen LogP contribution in [0.2, 0.25) is 0 Å². The largest absolute Gasteiger partial charge is 0.502 e. The second-order valence-corrected chi connectivity index (χ2v) is 2.86. The Morgan fingerprint density at radius 3 is 2.36 bits per heavy atom. The van der Waals surface area contributed by atoms with Gasteiger partial charge in [-0.15, -0.1) is 0 Å². The molecular weight excluding hydrogens is 138 g/mol. The lowest BCUT2D eigenvalue weighted by atomic mass is 9.91. The summed E-state index contributed by atoms with van der Waals surface area (Å²) in [7, 11) is 0. The van der Waals surface area contributed by atoms with Crippen molar-refractivity contribution in [3.63, 3.8) is 0 Å². The Morgan fingerprint density at radius 2 is 2.00 bits per heavy atom. The van der Waals surface area contributed by atoms with Crippen molar-refractivity contribution in [1.29, 1.82) is 0 Å². The maximum absolute atomic E-state index is 6.02. The summed E-state index contributed by atoms with van der Waals surface area (Å²) in [6.07, 6.45) is 4.38. The van der Waals surface area contributed by atoms with E-state index >= 15 is 0 Å². The van der Waals surface area contributed by atoms with Crippen LogP contribution in [0.4, 0.5) is 0 Å². The van der Waals surface area contributed by atoms with Crippen molar-refractivity contribution in [2.45, 2.75) is 38.6 Å². The lowest BCUT2D eigenvalue weighted by Crippen LogP contribution is -2.39. The van der Waals surface area contributed by atoms with Crippen molar-refractivity contribution in [3.8, 4) is 0 Å². The van der Waals surface area contributed by atoms with E-state index in [-0.39, 0.29) is 5.54 Å². The van der Waals surface area contributed by atoms with E-state index < -0.39 is 0 Å². The van der Waals surface area contributed by atoms with Crippen LogP contribution in [0.5, 0.6) is 0 Å². The van der Waals surface area contributed by atoms with Crippen LogP contribution in [-0.2, 0) is 4.74 Å². The number of rotatable bonds is 6. The van der Waals surface area contributed by atoms with Crippen molar-refractivity contribution >= 4 is 0 Å². The van der Waals surface area contributed by atoms with E-state index in [1.54, 1.807) is 0 Å². The zero-order valence-corrected chi connectivity index (χ0v) is 7.60. The van der Waals surface area contributed by atoms with Gasteiger partial charge in [0.15, 0.2) is 0 Å². The van der Waals surface area contributed by atoms with E-state index in [0.29, 0.717) is 6.61 Å². The Bertz CT molecular complexity index is 108. The average Bonchev–Trinajstić information content (AvgIpc) is 2.05. The fraction of sp³-hybridized carbons (Fsp3) is 0.778. The molecule has 0 aromatic heterocycles. The predicted molar refractivity (Wildman–Crippen MR) is 48.3 cm³/mol. The van der Waals surface area contributed by atoms with Gasteiger partial charge in [-0.1, -0.05) is 20.4 Å². The minimum Gasteiger partial charge on any atom is -0.502 e. The Morgan fingerprint density at radius 1 is 1.45 bits per heavy atom. The topological polar surface area (TPSA) is 35.2 Å². The highest BCUT2D eigenvalue weighted by molar-refractivity contribution is 4.80. The van der Waals surface area contributed by atoms with Crippen molar-refractivity contribution in [2.24, 2.45) is 5.73 Å². The van der Waals surface area contributed by atoms with Gasteiger partial charge in [0.25, 0.3) is 0 Å². The predicted octanol–water partition coefficient (Wildman–Crippen LogP) is 2.05. The van der Waals surface area contributed by atoms with Gasteiger partial charge in [0.05, 0.1) is 12.9 Å². The molecule has 0 amide bonds. The molecule has 66 valence electrons. The molecule has 0 aromatic carbocycles. The maximum Gasteiger partial charge on any atom is 0.0890 e. The van der Waals surface area contributed by atoms with E-state index in [0.717, 1.165) is 19.3 Å². The highest BCUT2D eigenvalue weighted by Gasteiger charge is 2.19. The van der Waals surface area contributed by atoms with Crippen LogP contribution in [0, 0.1) is 0 Å². The molecule has 0 heterocycles. The Labute approximate surface area is 69.4 Å². The molecular formula is C9H19NO. The van der Waals surface area contributed by atoms with Gasteiger partial charge in [-0.05, 0) is 19.3 Å². The quantitative estimate of drug-likeness (QED) is 0.473. The van der Waals surface area contributed by atoms with E-state index in [4.69, 9.17) is 10.5 Å². The fourth-order valence-corrected chi connectivity index (χ4v) is 0.949. The molecule has 0 aliphatic carbocycles. The molecule has 0 saturated heterocycles. The summed E-state index contributed by atoms with van der Waals surface area (Å²) in [5.74, 6) is 0. The summed E-state index contributed by atoms with van der Waals surface area (Å²) >= 11 is 0. The fourth-order valence-electron chi connectivity index (χ4n) is 0.949. The zero-order chi connectivity index (χ0) is 8.74. The smallest absolute Gasteiger partial charge is 0.0890 e. The summed E-state index contributed by atoms with van der Waals surface area (Å²) < 4.78 is 5.02. The van der Waals surface area contributed by atoms with Crippen molar-refractivity contribution < 1.29 is 4.74 Å². The average molecular weight is 157 g/mol. The van der Waals surface area contributed by atoms with Crippen LogP contribution in [0.3, 0.4) is 0 Å². The van der Waals surface area contributed by atoms with Gasteiger partial charge in [0, 0.05) is 5.54 Å². The van der Waals surface area contributed by atoms with E-state index in [2.05, 4.69) is 20.4 Å². The molecule has 0 atom stereocenters. The monoisotopic (exact) mass is 157 g/mol. The molecule has 0 saturated carbocycles. The minimum absolute atomic E-state index is 0.0387. The zero-order valence-electron chi connectivity index (χ0n) is 7.60. The van der Waals surface area contributed by atoms with Crippen molar-refractivity contribution in [2.75, 3.05) is 6.61 Å².